The van der Waals surface area contributed by atoms with E-state index in [0.29, 0.717) is 5.15 Å². The van der Waals surface area contributed by atoms with Gasteiger partial charge in [0.2, 0.25) is 0 Å². The average Bonchev–Trinajstić information content (AvgIpc) is 2.52. The molecule has 0 saturated carbocycles. The lowest BCUT2D eigenvalue weighted by Gasteiger charge is -1.96. The van der Waals surface area contributed by atoms with Crippen LogP contribution in [0.5, 0.6) is 0 Å². The summed E-state index contributed by atoms with van der Waals surface area (Å²) >= 11 is 5.93. The van der Waals surface area contributed by atoms with Gasteiger partial charge in [0.15, 0.2) is 5.43 Å². The van der Waals surface area contributed by atoms with Crippen LogP contribution in [0.2, 0.25) is 5.15 Å². The Morgan fingerprint density at radius 2 is 2.00 bits per heavy atom. The molecule has 2 heterocycles. The van der Waals surface area contributed by atoms with E-state index in [9.17, 15) is 4.79 Å². The number of pyridine rings is 1. The molecule has 0 spiro atoms. The van der Waals surface area contributed by atoms with Crippen molar-refractivity contribution in [1.29, 1.82) is 0 Å². The summed E-state index contributed by atoms with van der Waals surface area (Å²) in [6.07, 6.45) is 1.85. The molecule has 0 bridgehead atoms. The van der Waals surface area contributed by atoms with Gasteiger partial charge in [-0.1, -0.05) is 11.6 Å². The molecule has 2 aromatic heterocycles. The molecule has 0 saturated heterocycles. The zero-order chi connectivity index (χ0) is 11.3. The van der Waals surface area contributed by atoms with Gasteiger partial charge in [-0.25, -0.2) is 0 Å². The molecule has 3 aromatic rings. The number of fused-ring (bicyclic) bond motifs is 3. The minimum Gasteiger partial charge on any atom is -0.350 e. The summed E-state index contributed by atoms with van der Waals surface area (Å²) in [5, 5.41) is 2.69. The second-order valence-electron chi connectivity index (χ2n) is 3.82. The highest BCUT2D eigenvalue weighted by molar-refractivity contribution is 6.30. The Labute approximate surface area is 96.3 Å². The molecule has 4 heteroatoms. The van der Waals surface area contributed by atoms with E-state index in [-0.39, 0.29) is 5.43 Å². The van der Waals surface area contributed by atoms with E-state index in [0.717, 1.165) is 21.8 Å². The van der Waals surface area contributed by atoms with Crippen LogP contribution in [0.3, 0.4) is 0 Å². The fourth-order valence-corrected chi connectivity index (χ4v) is 2.26. The summed E-state index contributed by atoms with van der Waals surface area (Å²) in [5.41, 5.74) is 1.98. The number of hydrogen-bond acceptors (Lipinski definition) is 1. The highest BCUT2D eigenvalue weighted by atomic mass is 35.5. The standard InChI is InChI=1S/C12H9ClN2O/c1-15-10-4-7(16)2-3-8(10)9-5-12(13)14-6-11(9)15/h2-6,14H,1H3. The Bertz CT molecular complexity index is 755. The summed E-state index contributed by atoms with van der Waals surface area (Å²) in [6, 6.07) is 6.94. The first-order valence-electron chi connectivity index (χ1n) is 4.93. The van der Waals surface area contributed by atoms with E-state index in [1.165, 1.54) is 0 Å². The molecule has 0 aliphatic rings. The van der Waals surface area contributed by atoms with Gasteiger partial charge in [-0.05, 0) is 18.2 Å². The van der Waals surface area contributed by atoms with Crippen molar-refractivity contribution in [3.05, 3.63) is 45.8 Å². The number of aryl methyl sites for hydroxylation is 1. The average molecular weight is 233 g/mol. The Kier molecular flexibility index (Phi) is 1.85. The zero-order valence-corrected chi connectivity index (χ0v) is 9.38. The summed E-state index contributed by atoms with van der Waals surface area (Å²) in [7, 11) is 1.94. The van der Waals surface area contributed by atoms with Crippen molar-refractivity contribution in [1.82, 2.24) is 9.55 Å². The lowest BCUT2D eigenvalue weighted by atomic mass is 10.2. The van der Waals surface area contributed by atoms with Gasteiger partial charge >= 0.3 is 0 Å². The van der Waals surface area contributed by atoms with Gasteiger partial charge in [0, 0.05) is 30.1 Å². The first-order valence-corrected chi connectivity index (χ1v) is 5.31. The number of rotatable bonds is 0. The Hall–Kier alpha value is -1.74. The number of nitrogens with one attached hydrogen (secondary N) is 1. The largest absolute Gasteiger partial charge is 0.350 e. The maximum absolute atomic E-state index is 11.3. The molecule has 0 fully saturated rings. The van der Waals surface area contributed by atoms with Crippen LogP contribution in [-0.2, 0) is 7.05 Å². The highest BCUT2D eigenvalue weighted by Crippen LogP contribution is 2.27. The lowest BCUT2D eigenvalue weighted by Crippen LogP contribution is -1.96. The number of halogens is 1. The summed E-state index contributed by atoms with van der Waals surface area (Å²) in [5.74, 6) is 0. The van der Waals surface area contributed by atoms with Crippen molar-refractivity contribution in [2.45, 2.75) is 0 Å². The van der Waals surface area contributed by atoms with Gasteiger partial charge < -0.3 is 9.55 Å². The molecule has 0 aliphatic heterocycles. The van der Waals surface area contributed by atoms with Gasteiger partial charge in [-0.3, -0.25) is 4.79 Å². The molecule has 0 amide bonds. The normalized spacial score (nSPS) is 11.4. The molecular weight excluding hydrogens is 224 g/mol. The van der Waals surface area contributed by atoms with Crippen LogP contribution in [0.25, 0.3) is 21.8 Å². The fraction of sp³-hybridized carbons (Fsp3) is 0.0833. The number of H-pyrrole nitrogens is 1. The van der Waals surface area contributed by atoms with Crippen molar-refractivity contribution in [2.24, 2.45) is 7.05 Å². The van der Waals surface area contributed by atoms with Crippen LogP contribution < -0.4 is 5.43 Å². The third kappa shape index (κ3) is 1.18. The van der Waals surface area contributed by atoms with Crippen molar-refractivity contribution < 1.29 is 0 Å². The molecule has 1 aromatic carbocycles. The quantitative estimate of drug-likeness (QED) is 0.595. The lowest BCUT2D eigenvalue weighted by molar-refractivity contribution is 1.01. The SMILES string of the molecule is Cn1c2c[nH]c(Cl)cc2c2ccc(=O)cc21. The molecule has 80 valence electrons. The number of aromatic nitrogens is 2. The predicted octanol–water partition coefficient (Wildman–Crippen LogP) is 2.67. The van der Waals surface area contributed by atoms with E-state index < -0.39 is 0 Å². The first-order chi connectivity index (χ1) is 7.66. The smallest absolute Gasteiger partial charge is 0.180 e. The minimum absolute atomic E-state index is 0.0217. The maximum Gasteiger partial charge on any atom is 0.180 e. The Morgan fingerprint density at radius 1 is 1.19 bits per heavy atom. The molecule has 3 rings (SSSR count). The van der Waals surface area contributed by atoms with Crippen LogP contribution in [0, 0.1) is 0 Å². The summed E-state index contributed by atoms with van der Waals surface area (Å²) < 4.78 is 1.99. The number of aromatic amines is 1. The van der Waals surface area contributed by atoms with Gasteiger partial charge in [0.25, 0.3) is 0 Å². The number of benzene rings is 1. The molecular formula is C12H9ClN2O. The molecule has 16 heavy (non-hydrogen) atoms. The molecule has 0 radical (unpaired) electrons. The van der Waals surface area contributed by atoms with E-state index in [4.69, 9.17) is 11.6 Å². The predicted molar refractivity (Wildman–Crippen MR) is 66.1 cm³/mol. The van der Waals surface area contributed by atoms with E-state index in [1.807, 2.05) is 29.9 Å². The van der Waals surface area contributed by atoms with Crippen LogP contribution in [0.15, 0.2) is 35.3 Å². The van der Waals surface area contributed by atoms with Gasteiger partial charge in [0.05, 0.1) is 11.0 Å². The topological polar surface area (TPSA) is 37.8 Å². The van der Waals surface area contributed by atoms with E-state index in [1.54, 1.807) is 12.1 Å². The molecule has 0 aliphatic carbocycles. The number of hydrogen-bond donors (Lipinski definition) is 1. The van der Waals surface area contributed by atoms with Gasteiger partial charge in [-0.15, -0.1) is 0 Å². The van der Waals surface area contributed by atoms with E-state index >= 15 is 0 Å². The fourth-order valence-electron chi connectivity index (χ4n) is 2.10. The van der Waals surface area contributed by atoms with Crippen LogP contribution >= 0.6 is 11.6 Å². The van der Waals surface area contributed by atoms with Crippen LogP contribution in [0.1, 0.15) is 0 Å². The van der Waals surface area contributed by atoms with Crippen molar-refractivity contribution in [2.75, 3.05) is 0 Å². The second kappa shape index (κ2) is 3.12. The summed E-state index contributed by atoms with van der Waals surface area (Å²) in [6.45, 7) is 0. The van der Waals surface area contributed by atoms with Gasteiger partial charge in [-0.2, -0.15) is 0 Å². The molecule has 0 unspecified atom stereocenters. The Balaban J connectivity index is 2.64. The maximum atomic E-state index is 11.3. The zero-order valence-electron chi connectivity index (χ0n) is 8.62. The second-order valence-corrected chi connectivity index (χ2v) is 4.23. The molecule has 1 N–H and O–H groups in total. The van der Waals surface area contributed by atoms with Gasteiger partial charge in [0.1, 0.15) is 5.15 Å². The number of nitrogens with zero attached hydrogens (tertiary/aromatic N) is 1. The highest BCUT2D eigenvalue weighted by Gasteiger charge is 2.08. The Morgan fingerprint density at radius 3 is 2.81 bits per heavy atom. The summed E-state index contributed by atoms with van der Waals surface area (Å²) in [4.78, 5) is 14.3. The molecule has 3 nitrogen and oxygen atoms in total. The van der Waals surface area contributed by atoms with Crippen molar-refractivity contribution in [3.63, 3.8) is 0 Å². The minimum atomic E-state index is 0.0217. The van der Waals surface area contributed by atoms with E-state index in [2.05, 4.69) is 4.98 Å². The van der Waals surface area contributed by atoms with Crippen LogP contribution in [0.4, 0.5) is 0 Å². The first kappa shape index (κ1) is 9.48. The third-order valence-electron chi connectivity index (χ3n) is 2.88. The monoisotopic (exact) mass is 232 g/mol. The van der Waals surface area contributed by atoms with Crippen molar-refractivity contribution >= 4 is 33.4 Å². The third-order valence-corrected chi connectivity index (χ3v) is 3.09. The van der Waals surface area contributed by atoms with Crippen molar-refractivity contribution in [3.8, 4) is 0 Å². The van der Waals surface area contributed by atoms with Crippen LogP contribution in [-0.4, -0.2) is 9.55 Å². The molecule has 0 atom stereocenters.